The van der Waals surface area contributed by atoms with Crippen LogP contribution in [0.3, 0.4) is 0 Å². The number of nitrogens with one attached hydrogen (secondary N) is 1. The summed E-state index contributed by atoms with van der Waals surface area (Å²) in [5.74, 6) is 0.325. The molecule has 3 rings (SSSR count). The number of sulfonamides is 1. The van der Waals surface area contributed by atoms with E-state index in [-0.39, 0.29) is 24.0 Å². The maximum atomic E-state index is 13.6. The molecule has 0 fully saturated rings. The van der Waals surface area contributed by atoms with Crippen molar-refractivity contribution in [3.8, 4) is 11.5 Å². The number of halogens is 1. The molecule has 0 heterocycles. The van der Waals surface area contributed by atoms with Crippen molar-refractivity contribution in [3.05, 3.63) is 88.4 Å². The van der Waals surface area contributed by atoms with Gasteiger partial charge in [-0.1, -0.05) is 58.4 Å². The fourth-order valence-electron chi connectivity index (χ4n) is 3.59. The fraction of sp³-hybridized carbons (Fsp3) is 0.269. The number of methoxy groups -OCH3 is 2. The van der Waals surface area contributed by atoms with Gasteiger partial charge in [0.05, 0.1) is 31.7 Å². The van der Waals surface area contributed by atoms with E-state index in [0.29, 0.717) is 17.9 Å². The van der Waals surface area contributed by atoms with Crippen molar-refractivity contribution in [2.24, 2.45) is 0 Å². The Labute approximate surface area is 215 Å². The Bertz CT molecular complexity index is 1230. The SMILES string of the molecule is COc1ccc(S(=O)(=O)N(CCc2ccccc2)CC(=O)N[C@@H](C)c2ccc(Br)cc2)cc1OC. The molecule has 0 unspecified atom stereocenters. The monoisotopic (exact) mass is 560 g/mol. The second kappa shape index (κ2) is 12.2. The molecule has 0 aromatic heterocycles. The predicted octanol–water partition coefficient (Wildman–Crippen LogP) is 4.58. The molecule has 35 heavy (non-hydrogen) atoms. The van der Waals surface area contributed by atoms with Crippen molar-refractivity contribution >= 4 is 31.9 Å². The minimum Gasteiger partial charge on any atom is -0.493 e. The number of amides is 1. The molecule has 186 valence electrons. The minimum atomic E-state index is -4.00. The van der Waals surface area contributed by atoms with Crippen LogP contribution in [0.5, 0.6) is 11.5 Å². The second-order valence-electron chi connectivity index (χ2n) is 7.93. The first-order valence-electron chi connectivity index (χ1n) is 11.1. The van der Waals surface area contributed by atoms with Gasteiger partial charge in [-0.05, 0) is 48.7 Å². The Morgan fingerprint density at radius 1 is 0.971 bits per heavy atom. The van der Waals surface area contributed by atoms with Crippen LogP contribution in [0.2, 0.25) is 0 Å². The molecule has 3 aromatic carbocycles. The second-order valence-corrected chi connectivity index (χ2v) is 10.8. The molecule has 9 heteroatoms. The van der Waals surface area contributed by atoms with E-state index in [9.17, 15) is 13.2 Å². The zero-order valence-corrected chi connectivity index (χ0v) is 22.3. The first-order chi connectivity index (χ1) is 16.7. The summed E-state index contributed by atoms with van der Waals surface area (Å²) in [6, 6.07) is 21.3. The molecule has 0 aliphatic carbocycles. The van der Waals surface area contributed by atoms with Gasteiger partial charge < -0.3 is 14.8 Å². The lowest BCUT2D eigenvalue weighted by atomic mass is 10.1. The molecule has 0 saturated carbocycles. The summed E-state index contributed by atoms with van der Waals surface area (Å²) in [5.41, 5.74) is 1.89. The highest BCUT2D eigenvalue weighted by atomic mass is 79.9. The zero-order chi connectivity index (χ0) is 25.4. The van der Waals surface area contributed by atoms with E-state index in [0.717, 1.165) is 15.6 Å². The summed E-state index contributed by atoms with van der Waals surface area (Å²) >= 11 is 3.40. The van der Waals surface area contributed by atoms with E-state index in [2.05, 4.69) is 21.2 Å². The molecule has 0 radical (unpaired) electrons. The Hall–Kier alpha value is -2.88. The van der Waals surface area contributed by atoms with Crippen LogP contribution in [0, 0.1) is 0 Å². The van der Waals surface area contributed by atoms with Crippen LogP contribution in [0.1, 0.15) is 24.1 Å². The van der Waals surface area contributed by atoms with Gasteiger partial charge in [-0.25, -0.2) is 8.42 Å². The Morgan fingerprint density at radius 3 is 2.26 bits per heavy atom. The number of hydrogen-bond acceptors (Lipinski definition) is 5. The molecule has 1 atom stereocenters. The average Bonchev–Trinajstić information content (AvgIpc) is 2.86. The van der Waals surface area contributed by atoms with Crippen LogP contribution in [-0.2, 0) is 21.2 Å². The molecular weight excluding hydrogens is 532 g/mol. The van der Waals surface area contributed by atoms with Crippen LogP contribution < -0.4 is 14.8 Å². The summed E-state index contributed by atoms with van der Waals surface area (Å²) in [7, 11) is -1.08. The molecule has 1 amide bonds. The van der Waals surface area contributed by atoms with Crippen molar-refractivity contribution in [2.45, 2.75) is 24.3 Å². The van der Waals surface area contributed by atoms with Crippen LogP contribution >= 0.6 is 15.9 Å². The van der Waals surface area contributed by atoms with Crippen molar-refractivity contribution < 1.29 is 22.7 Å². The van der Waals surface area contributed by atoms with Gasteiger partial charge in [0, 0.05) is 17.1 Å². The number of carbonyl (C=O) groups is 1. The molecule has 7 nitrogen and oxygen atoms in total. The third-order valence-electron chi connectivity index (χ3n) is 5.55. The topological polar surface area (TPSA) is 84.9 Å². The van der Waals surface area contributed by atoms with E-state index in [1.54, 1.807) is 0 Å². The molecule has 0 aliphatic heterocycles. The van der Waals surface area contributed by atoms with Gasteiger partial charge in [0.2, 0.25) is 15.9 Å². The van der Waals surface area contributed by atoms with Crippen LogP contribution in [-0.4, -0.2) is 45.9 Å². The van der Waals surface area contributed by atoms with Crippen molar-refractivity contribution in [2.75, 3.05) is 27.3 Å². The molecular formula is C26H29BrN2O5S. The maximum Gasteiger partial charge on any atom is 0.243 e. The predicted molar refractivity (Wildman–Crippen MR) is 139 cm³/mol. The van der Waals surface area contributed by atoms with Crippen molar-refractivity contribution in [1.29, 1.82) is 0 Å². The van der Waals surface area contributed by atoms with Gasteiger partial charge in [0.25, 0.3) is 0 Å². The lowest BCUT2D eigenvalue weighted by molar-refractivity contribution is -0.121. The third-order valence-corrected chi connectivity index (χ3v) is 7.92. The average molecular weight is 561 g/mol. The van der Waals surface area contributed by atoms with Gasteiger partial charge in [0.15, 0.2) is 11.5 Å². The van der Waals surface area contributed by atoms with E-state index in [1.165, 1.54) is 36.7 Å². The van der Waals surface area contributed by atoms with Crippen molar-refractivity contribution in [3.63, 3.8) is 0 Å². The molecule has 0 saturated heterocycles. The highest BCUT2D eigenvalue weighted by Gasteiger charge is 2.28. The van der Waals surface area contributed by atoms with E-state index < -0.39 is 15.9 Å². The number of benzene rings is 3. The van der Waals surface area contributed by atoms with Crippen LogP contribution in [0.25, 0.3) is 0 Å². The summed E-state index contributed by atoms with van der Waals surface area (Å²) in [6.45, 7) is 1.68. The highest BCUT2D eigenvalue weighted by Crippen LogP contribution is 2.30. The molecule has 1 N–H and O–H groups in total. The maximum absolute atomic E-state index is 13.6. The van der Waals surface area contributed by atoms with Gasteiger partial charge >= 0.3 is 0 Å². The Kier molecular flexibility index (Phi) is 9.31. The zero-order valence-electron chi connectivity index (χ0n) is 19.9. The lowest BCUT2D eigenvalue weighted by Gasteiger charge is -2.24. The molecule has 0 spiro atoms. The summed E-state index contributed by atoms with van der Waals surface area (Å²) in [6.07, 6.45) is 0.461. The molecule has 0 bridgehead atoms. The van der Waals surface area contributed by atoms with Gasteiger partial charge in [0.1, 0.15) is 0 Å². The normalized spacial score (nSPS) is 12.3. The Morgan fingerprint density at radius 2 is 1.63 bits per heavy atom. The molecule has 0 aliphatic rings. The quantitative estimate of drug-likeness (QED) is 0.371. The smallest absolute Gasteiger partial charge is 0.243 e. The number of nitrogens with zero attached hydrogens (tertiary/aromatic N) is 1. The summed E-state index contributed by atoms with van der Waals surface area (Å²) in [4.78, 5) is 13.0. The van der Waals surface area contributed by atoms with E-state index in [4.69, 9.17) is 9.47 Å². The number of carbonyl (C=O) groups excluding carboxylic acids is 1. The minimum absolute atomic E-state index is 0.0250. The van der Waals surface area contributed by atoms with Gasteiger partial charge in [-0.15, -0.1) is 0 Å². The van der Waals surface area contributed by atoms with E-state index in [1.807, 2.05) is 61.5 Å². The standard InChI is InChI=1S/C26H29BrN2O5S/c1-19(21-9-11-22(27)12-10-21)28-26(30)18-29(16-15-20-7-5-4-6-8-20)35(31,32)23-13-14-24(33-2)25(17-23)34-3/h4-14,17,19H,15-16,18H2,1-3H3,(H,28,30)/t19-/m0/s1. The lowest BCUT2D eigenvalue weighted by Crippen LogP contribution is -2.42. The number of ether oxygens (including phenoxy) is 2. The highest BCUT2D eigenvalue weighted by molar-refractivity contribution is 9.10. The summed E-state index contributed by atoms with van der Waals surface area (Å²) < 4.78 is 39.8. The first-order valence-corrected chi connectivity index (χ1v) is 13.3. The number of hydrogen-bond donors (Lipinski definition) is 1. The summed E-state index contributed by atoms with van der Waals surface area (Å²) in [5, 5.41) is 2.90. The van der Waals surface area contributed by atoms with E-state index >= 15 is 0 Å². The third kappa shape index (κ3) is 7.06. The first kappa shape index (κ1) is 26.7. The van der Waals surface area contributed by atoms with Gasteiger partial charge in [-0.2, -0.15) is 4.31 Å². The largest absolute Gasteiger partial charge is 0.493 e. The number of rotatable bonds is 11. The Balaban J connectivity index is 1.83. The molecule has 3 aromatic rings. The van der Waals surface area contributed by atoms with Gasteiger partial charge in [-0.3, -0.25) is 4.79 Å². The van der Waals surface area contributed by atoms with Crippen LogP contribution in [0.15, 0.2) is 82.2 Å². The van der Waals surface area contributed by atoms with Crippen molar-refractivity contribution in [1.82, 2.24) is 9.62 Å². The van der Waals surface area contributed by atoms with Crippen LogP contribution in [0.4, 0.5) is 0 Å². The fourth-order valence-corrected chi connectivity index (χ4v) is 5.27.